The molecule has 0 aliphatic heterocycles. The van der Waals surface area contributed by atoms with Gasteiger partial charge >= 0.3 is 0 Å². The summed E-state index contributed by atoms with van der Waals surface area (Å²) >= 11 is 0. The van der Waals surface area contributed by atoms with E-state index in [1.165, 1.54) is 165 Å². The van der Waals surface area contributed by atoms with Crippen LogP contribution in [0.4, 0.5) is 5.69 Å². The fraction of sp³-hybridized carbons (Fsp3) is 0.209. The van der Waals surface area contributed by atoms with Gasteiger partial charge in [0, 0.05) is 77.9 Å². The summed E-state index contributed by atoms with van der Waals surface area (Å²) in [7, 11) is 0. The lowest BCUT2D eigenvalue weighted by atomic mass is 9.59. The summed E-state index contributed by atoms with van der Waals surface area (Å²) < 4.78 is 5.28. The predicted molar refractivity (Wildman–Crippen MR) is 373 cm³/mol. The molecule has 0 radical (unpaired) electrons. The topological polar surface area (TPSA) is 37.0 Å². The van der Waals surface area contributed by atoms with E-state index in [9.17, 15) is 11.8 Å². The molecule has 90 heavy (non-hydrogen) atoms. The number of benzene rings is 11. The van der Waals surface area contributed by atoms with Crippen LogP contribution in [0.2, 0.25) is 0 Å². The number of aromatic nitrogens is 2. The number of hydrogen-bond donors (Lipinski definition) is 0. The molecule has 430 valence electrons. The van der Waals surface area contributed by atoms with Gasteiger partial charge in [-0.3, -0.25) is 0 Å². The van der Waals surface area contributed by atoms with Gasteiger partial charge in [-0.05, 0) is 200 Å². The number of rotatable bonds is 2. The molecule has 0 amide bonds. The van der Waals surface area contributed by atoms with Crippen molar-refractivity contribution in [3.8, 4) is 28.3 Å². The van der Waals surface area contributed by atoms with Crippen LogP contribution < -0.4 is 0 Å². The second-order valence-corrected chi connectivity index (χ2v) is 29.5. The second-order valence-electron chi connectivity index (χ2n) is 29.5. The van der Waals surface area contributed by atoms with Gasteiger partial charge in [0.25, 0.3) is 0 Å². The van der Waals surface area contributed by atoms with Gasteiger partial charge in [0.2, 0.25) is 5.69 Å². The van der Waals surface area contributed by atoms with Crippen LogP contribution in [0, 0.1) is 59.4 Å². The summed E-state index contributed by atoms with van der Waals surface area (Å²) in [5.74, 6) is -0.314. The molecule has 4 heterocycles. The Hall–Kier alpha value is -10.0. The molecule has 0 N–H and O–H groups in total. The summed E-state index contributed by atoms with van der Waals surface area (Å²) in [5, 5.41) is 22.2. The highest BCUT2D eigenvalue weighted by atomic mass is 14.9. The van der Waals surface area contributed by atoms with Gasteiger partial charge in [0.1, 0.15) is 6.07 Å². The molecular formula is C86H66N4. The lowest BCUT2D eigenvalue weighted by Gasteiger charge is -2.43. The predicted octanol–water partition coefficient (Wildman–Crippen LogP) is 22.2. The van der Waals surface area contributed by atoms with Gasteiger partial charge in [0.15, 0.2) is 0 Å². The van der Waals surface area contributed by atoms with Crippen molar-refractivity contribution in [1.29, 1.82) is 5.26 Å². The van der Waals surface area contributed by atoms with E-state index in [0.29, 0.717) is 0 Å². The number of aryl methyl sites for hydroxylation is 6. The highest BCUT2D eigenvalue weighted by molar-refractivity contribution is 6.33. The zero-order valence-electron chi connectivity index (χ0n) is 53.1. The minimum absolute atomic E-state index is 0.0572. The minimum atomic E-state index is -0.205. The van der Waals surface area contributed by atoms with Crippen molar-refractivity contribution in [2.75, 3.05) is 0 Å². The molecule has 0 fully saturated rings. The molecule has 4 nitrogen and oxygen atoms in total. The maximum absolute atomic E-state index is 12.3. The Morgan fingerprint density at radius 2 is 0.700 bits per heavy atom. The van der Waals surface area contributed by atoms with Crippen molar-refractivity contribution in [2.45, 2.75) is 118 Å². The van der Waals surface area contributed by atoms with Crippen molar-refractivity contribution < 1.29 is 0 Å². The summed E-state index contributed by atoms with van der Waals surface area (Å²) in [6.45, 7) is 37.3. The number of nitrogens with zero attached hydrogens (tertiary/aromatic N) is 4. The van der Waals surface area contributed by atoms with Crippen LogP contribution in [0.15, 0.2) is 158 Å². The minimum Gasteiger partial charge on any atom is -0.309 e. The molecular weight excluding hydrogens is 1090 g/mol. The Labute approximate surface area is 524 Å². The van der Waals surface area contributed by atoms with Crippen LogP contribution in [-0.4, -0.2) is 8.80 Å². The molecule has 6 aliphatic rings. The fourth-order valence-electron chi connectivity index (χ4n) is 19.1. The molecule has 11 aromatic carbocycles. The van der Waals surface area contributed by atoms with Crippen molar-refractivity contribution in [2.24, 2.45) is 0 Å². The van der Waals surface area contributed by atoms with Gasteiger partial charge < -0.3 is 8.80 Å². The lowest BCUT2D eigenvalue weighted by molar-refractivity contribution is 0.591. The quantitative estimate of drug-likeness (QED) is 0.159. The Bertz CT molecular complexity index is 5470. The molecule has 4 aromatic heterocycles. The first-order valence-electron chi connectivity index (χ1n) is 32.3. The van der Waals surface area contributed by atoms with Crippen LogP contribution in [-0.2, 0) is 10.8 Å². The average Bonchev–Trinajstić information content (AvgIpc) is 1.42. The van der Waals surface area contributed by atoms with Crippen LogP contribution in [0.3, 0.4) is 0 Å². The van der Waals surface area contributed by atoms with Crippen molar-refractivity contribution >= 4 is 81.9 Å². The zero-order valence-corrected chi connectivity index (χ0v) is 53.1. The van der Waals surface area contributed by atoms with E-state index >= 15 is 0 Å². The third-order valence-electron chi connectivity index (χ3n) is 22.3. The van der Waals surface area contributed by atoms with E-state index in [2.05, 4.69) is 256 Å². The van der Waals surface area contributed by atoms with Gasteiger partial charge in [0.05, 0.1) is 45.2 Å². The Morgan fingerprint density at radius 1 is 0.378 bits per heavy atom. The maximum atomic E-state index is 12.3. The van der Waals surface area contributed by atoms with E-state index in [-0.39, 0.29) is 34.5 Å². The van der Waals surface area contributed by atoms with Crippen molar-refractivity contribution in [3.63, 3.8) is 0 Å². The average molecular weight is 1160 g/mol. The smallest absolute Gasteiger partial charge is 0.201 e. The maximum Gasteiger partial charge on any atom is 0.201 e. The van der Waals surface area contributed by atoms with Gasteiger partial charge in [-0.15, -0.1) is 0 Å². The molecule has 0 saturated carbocycles. The summed E-state index contributed by atoms with van der Waals surface area (Å²) in [4.78, 5) is 4.86. The molecule has 4 bridgehead atoms. The highest BCUT2D eigenvalue weighted by Gasteiger charge is 2.48. The monoisotopic (exact) mass is 1150 g/mol. The summed E-state index contributed by atoms with van der Waals surface area (Å²) in [6.07, 6.45) is 0. The number of nitriles is 1. The van der Waals surface area contributed by atoms with Crippen LogP contribution >= 0.6 is 0 Å². The standard InChI is InChI=1S/C86H66N4/c1-41-30-43(3)66(44(4)31-41)75-63(40-87)72-68-49-22-14-16-24-51(49)69(52-25-17-15-23-50(52)68)76(72)73-61-36-47(85(7,8)9)34-59-57-39-65-58(38-64(57)89(81(59)61)83(73)75)60-35-48(86(10,11)12)37-62-74-77-70-53-26-18-20-28-55(53)71(56-29-21-19-27-54(56)70)78(77)80(88-13)79(84(74)90(65)82(60)62)67-45(5)32-42(2)33-46(67)6/h14-39,68-71H,1-12H3. The highest BCUT2D eigenvalue weighted by Crippen LogP contribution is 2.66. The molecule has 0 spiro atoms. The van der Waals surface area contributed by atoms with Gasteiger partial charge in [-0.2, -0.15) is 5.26 Å². The molecule has 0 atom stereocenters. The van der Waals surface area contributed by atoms with E-state index < -0.39 is 0 Å². The zero-order chi connectivity index (χ0) is 61.4. The molecule has 0 unspecified atom stereocenters. The van der Waals surface area contributed by atoms with Gasteiger partial charge in [-0.1, -0.05) is 174 Å². The first-order valence-corrected chi connectivity index (χ1v) is 32.3. The first-order chi connectivity index (χ1) is 43.4. The van der Waals surface area contributed by atoms with Crippen LogP contribution in [0.5, 0.6) is 0 Å². The molecule has 15 aromatic rings. The Balaban J connectivity index is 1.06. The van der Waals surface area contributed by atoms with E-state index in [1.54, 1.807) is 0 Å². The van der Waals surface area contributed by atoms with Gasteiger partial charge in [-0.25, -0.2) is 4.85 Å². The Kier molecular flexibility index (Phi) is 9.84. The van der Waals surface area contributed by atoms with Crippen molar-refractivity contribution in [3.05, 3.63) is 286 Å². The van der Waals surface area contributed by atoms with E-state index in [1.807, 2.05) is 0 Å². The first kappa shape index (κ1) is 52.0. The number of fused-ring (bicyclic) bond motifs is 12. The third-order valence-corrected chi connectivity index (χ3v) is 22.3. The molecule has 0 saturated heterocycles. The number of hydrogen-bond acceptors (Lipinski definition) is 1. The van der Waals surface area contributed by atoms with Crippen LogP contribution in [0.1, 0.15) is 182 Å². The largest absolute Gasteiger partial charge is 0.309 e. The SMILES string of the molecule is [C-]#[N+]c1c2c(c3c4cc(C(C)(C)C)cc5c6cc7c(cc6n(c3c1-c1c(C)cc(C)cc1C)c54)c1cc(C(C)(C)C)cc3c4c5c(c(C#N)c(-c6c(C)cc(C)cc6C)c4n7c13)C1c3ccccc3C5c3ccccc31)C1c3ccccc3C2c2ccccc21. The molecule has 21 rings (SSSR count). The summed E-state index contributed by atoms with van der Waals surface area (Å²) in [5.41, 5.74) is 37.7. The molecule has 4 heteroatoms. The fourth-order valence-corrected chi connectivity index (χ4v) is 19.1. The summed E-state index contributed by atoms with van der Waals surface area (Å²) in [6, 6.07) is 64.0. The Morgan fingerprint density at radius 3 is 1.06 bits per heavy atom. The van der Waals surface area contributed by atoms with E-state index in [0.717, 1.165) is 55.6 Å². The van der Waals surface area contributed by atoms with E-state index in [4.69, 9.17) is 4.85 Å². The third kappa shape index (κ3) is 6.16. The second kappa shape index (κ2) is 17.0. The normalized spacial score (nSPS) is 17.1. The van der Waals surface area contributed by atoms with Crippen molar-refractivity contribution in [1.82, 2.24) is 8.80 Å². The molecule has 6 aliphatic carbocycles. The van der Waals surface area contributed by atoms with Crippen LogP contribution in [0.25, 0.3) is 103 Å². The lowest BCUT2D eigenvalue weighted by Crippen LogP contribution is -2.29.